The SMILES string of the molecule is O=S(=O)(NC[C@H]1O[C@@H](CO)[C@@H](O)[C@H]1N1CCc2ccccc2C1)c1ccccc1. The van der Waals surface area contributed by atoms with Gasteiger partial charge in [-0.3, -0.25) is 4.90 Å². The van der Waals surface area contributed by atoms with Gasteiger partial charge in [-0.05, 0) is 29.7 Å². The predicted molar refractivity (Wildman–Crippen MR) is 108 cm³/mol. The molecule has 7 nitrogen and oxygen atoms in total. The van der Waals surface area contributed by atoms with E-state index in [1.807, 2.05) is 12.1 Å². The molecule has 0 saturated carbocycles. The van der Waals surface area contributed by atoms with Crippen LogP contribution in [0.1, 0.15) is 11.1 Å². The Morgan fingerprint density at radius 1 is 1.03 bits per heavy atom. The lowest BCUT2D eigenvalue weighted by Crippen LogP contribution is -2.52. The quantitative estimate of drug-likeness (QED) is 0.632. The lowest BCUT2D eigenvalue weighted by molar-refractivity contribution is -0.0201. The molecule has 0 aromatic heterocycles. The molecule has 2 heterocycles. The molecule has 2 aromatic carbocycles. The van der Waals surface area contributed by atoms with Crippen LogP contribution < -0.4 is 4.72 Å². The number of nitrogens with one attached hydrogen (secondary N) is 1. The molecular formula is C21H26N2O5S. The molecule has 2 aliphatic heterocycles. The van der Waals surface area contributed by atoms with E-state index in [0.29, 0.717) is 6.54 Å². The van der Waals surface area contributed by atoms with Crippen molar-refractivity contribution >= 4 is 10.0 Å². The summed E-state index contributed by atoms with van der Waals surface area (Å²) in [6.45, 7) is 1.10. The third-order valence-corrected chi connectivity index (χ3v) is 7.19. The van der Waals surface area contributed by atoms with E-state index in [4.69, 9.17) is 4.74 Å². The first-order chi connectivity index (χ1) is 14.0. The van der Waals surface area contributed by atoms with Gasteiger partial charge in [-0.2, -0.15) is 0 Å². The molecule has 8 heteroatoms. The van der Waals surface area contributed by atoms with Gasteiger partial charge < -0.3 is 14.9 Å². The van der Waals surface area contributed by atoms with E-state index < -0.39 is 34.4 Å². The summed E-state index contributed by atoms with van der Waals surface area (Å²) in [6, 6.07) is 15.9. The normalized spacial score (nSPS) is 27.7. The van der Waals surface area contributed by atoms with Crippen LogP contribution in [-0.2, 0) is 27.7 Å². The second kappa shape index (κ2) is 8.51. The lowest BCUT2D eigenvalue weighted by Gasteiger charge is -2.37. The first-order valence-electron chi connectivity index (χ1n) is 9.79. The number of hydrogen-bond acceptors (Lipinski definition) is 6. The number of aliphatic hydroxyl groups excluding tert-OH is 2. The van der Waals surface area contributed by atoms with Gasteiger partial charge in [-0.15, -0.1) is 0 Å². The zero-order valence-corrected chi connectivity index (χ0v) is 16.8. The Balaban J connectivity index is 1.51. The van der Waals surface area contributed by atoms with Crippen LogP contribution in [0.15, 0.2) is 59.5 Å². The van der Waals surface area contributed by atoms with E-state index in [2.05, 4.69) is 21.8 Å². The Morgan fingerprint density at radius 3 is 2.45 bits per heavy atom. The minimum Gasteiger partial charge on any atom is -0.394 e. The molecule has 156 valence electrons. The number of sulfonamides is 1. The van der Waals surface area contributed by atoms with E-state index in [1.165, 1.54) is 23.3 Å². The van der Waals surface area contributed by atoms with Crippen LogP contribution in [0.2, 0.25) is 0 Å². The Morgan fingerprint density at radius 2 is 1.72 bits per heavy atom. The number of fused-ring (bicyclic) bond motifs is 1. The van der Waals surface area contributed by atoms with Gasteiger partial charge in [0.05, 0.1) is 23.6 Å². The number of hydrogen-bond donors (Lipinski definition) is 3. The molecule has 1 saturated heterocycles. The minimum absolute atomic E-state index is 0.0214. The summed E-state index contributed by atoms with van der Waals surface area (Å²) >= 11 is 0. The molecule has 0 bridgehead atoms. The summed E-state index contributed by atoms with van der Waals surface area (Å²) in [6.07, 6.45) is -1.34. The van der Waals surface area contributed by atoms with Crippen LogP contribution in [-0.4, -0.2) is 67.6 Å². The molecule has 3 N–H and O–H groups in total. The zero-order chi connectivity index (χ0) is 20.4. The average molecular weight is 419 g/mol. The maximum absolute atomic E-state index is 12.6. The van der Waals surface area contributed by atoms with Gasteiger partial charge in [-0.25, -0.2) is 13.1 Å². The molecule has 0 amide bonds. The van der Waals surface area contributed by atoms with Gasteiger partial charge in [0.1, 0.15) is 12.2 Å². The summed E-state index contributed by atoms with van der Waals surface area (Å²) in [5, 5.41) is 20.4. The number of nitrogens with zero attached hydrogens (tertiary/aromatic N) is 1. The zero-order valence-electron chi connectivity index (χ0n) is 16.0. The van der Waals surface area contributed by atoms with Crippen molar-refractivity contribution in [3.8, 4) is 0 Å². The summed E-state index contributed by atoms with van der Waals surface area (Å²) < 4.78 is 33.6. The summed E-state index contributed by atoms with van der Waals surface area (Å²) in [7, 11) is -3.68. The third-order valence-electron chi connectivity index (χ3n) is 5.75. The van der Waals surface area contributed by atoms with E-state index >= 15 is 0 Å². The maximum atomic E-state index is 12.6. The van der Waals surface area contributed by atoms with Crippen molar-refractivity contribution in [1.29, 1.82) is 0 Å². The number of rotatable bonds is 6. The lowest BCUT2D eigenvalue weighted by atomic mass is 9.95. The van der Waals surface area contributed by atoms with Crippen LogP contribution in [0.4, 0.5) is 0 Å². The van der Waals surface area contributed by atoms with E-state index in [1.54, 1.807) is 18.2 Å². The minimum atomic E-state index is -3.68. The second-order valence-electron chi connectivity index (χ2n) is 7.53. The molecule has 29 heavy (non-hydrogen) atoms. The molecule has 0 radical (unpaired) electrons. The third kappa shape index (κ3) is 4.23. The van der Waals surface area contributed by atoms with Crippen molar-refractivity contribution in [3.05, 3.63) is 65.7 Å². The molecular weight excluding hydrogens is 392 g/mol. The standard InChI is InChI=1S/C21H26N2O5S/c24-14-19-21(25)20(23-11-10-15-6-4-5-7-16(15)13-23)18(28-19)12-22-29(26,27)17-8-2-1-3-9-17/h1-9,18-22,24-25H,10-14H2/t18-,19+,20+,21-/m1/s1. The molecule has 4 atom stereocenters. The van der Waals surface area contributed by atoms with Crippen molar-refractivity contribution in [2.45, 2.75) is 42.2 Å². The van der Waals surface area contributed by atoms with Crippen molar-refractivity contribution in [2.75, 3.05) is 19.7 Å². The highest BCUT2D eigenvalue weighted by Gasteiger charge is 2.46. The smallest absolute Gasteiger partial charge is 0.240 e. The van der Waals surface area contributed by atoms with Crippen molar-refractivity contribution < 1.29 is 23.4 Å². The van der Waals surface area contributed by atoms with Gasteiger partial charge in [0.25, 0.3) is 0 Å². The molecule has 2 aliphatic rings. The van der Waals surface area contributed by atoms with E-state index in [0.717, 1.165) is 13.0 Å². The van der Waals surface area contributed by atoms with Crippen LogP contribution >= 0.6 is 0 Å². The molecule has 0 unspecified atom stereocenters. The fourth-order valence-corrected chi connectivity index (χ4v) is 5.31. The molecule has 0 spiro atoms. The Bertz CT molecular complexity index is 937. The van der Waals surface area contributed by atoms with Crippen LogP contribution in [0.3, 0.4) is 0 Å². The molecule has 2 aromatic rings. The van der Waals surface area contributed by atoms with E-state index in [9.17, 15) is 18.6 Å². The van der Waals surface area contributed by atoms with Gasteiger partial charge in [0, 0.05) is 19.6 Å². The first kappa shape index (κ1) is 20.5. The van der Waals surface area contributed by atoms with Crippen LogP contribution in [0.25, 0.3) is 0 Å². The topological polar surface area (TPSA) is 99.1 Å². The summed E-state index contributed by atoms with van der Waals surface area (Å²) in [4.78, 5) is 2.31. The van der Waals surface area contributed by atoms with E-state index in [-0.39, 0.29) is 18.0 Å². The summed E-state index contributed by atoms with van der Waals surface area (Å²) in [5.74, 6) is 0. The van der Waals surface area contributed by atoms with Crippen molar-refractivity contribution in [1.82, 2.24) is 9.62 Å². The van der Waals surface area contributed by atoms with Gasteiger partial charge in [-0.1, -0.05) is 42.5 Å². The summed E-state index contributed by atoms with van der Waals surface area (Å²) in [5.41, 5.74) is 2.49. The fourth-order valence-electron chi connectivity index (χ4n) is 4.24. The Kier molecular flexibility index (Phi) is 6.00. The maximum Gasteiger partial charge on any atom is 0.240 e. The van der Waals surface area contributed by atoms with Crippen molar-refractivity contribution in [3.63, 3.8) is 0 Å². The highest BCUT2D eigenvalue weighted by Crippen LogP contribution is 2.30. The average Bonchev–Trinajstić information content (AvgIpc) is 3.08. The van der Waals surface area contributed by atoms with Gasteiger partial charge in [0.2, 0.25) is 10.0 Å². The van der Waals surface area contributed by atoms with Gasteiger partial charge in [0.15, 0.2) is 0 Å². The Hall–Kier alpha value is -1.81. The van der Waals surface area contributed by atoms with Crippen LogP contribution in [0.5, 0.6) is 0 Å². The van der Waals surface area contributed by atoms with Crippen molar-refractivity contribution in [2.24, 2.45) is 0 Å². The Labute approximate surface area is 171 Å². The molecule has 1 fully saturated rings. The monoisotopic (exact) mass is 418 g/mol. The number of aliphatic hydroxyl groups is 2. The highest BCUT2D eigenvalue weighted by molar-refractivity contribution is 7.89. The molecule has 4 rings (SSSR count). The van der Waals surface area contributed by atoms with Gasteiger partial charge >= 0.3 is 0 Å². The predicted octanol–water partition coefficient (Wildman–Crippen LogP) is 0.512. The fraction of sp³-hybridized carbons (Fsp3) is 0.429. The number of benzene rings is 2. The molecule has 0 aliphatic carbocycles. The second-order valence-corrected chi connectivity index (χ2v) is 9.30. The van der Waals surface area contributed by atoms with Crippen LogP contribution in [0, 0.1) is 0 Å². The first-order valence-corrected chi connectivity index (χ1v) is 11.3. The highest BCUT2D eigenvalue weighted by atomic mass is 32.2. The largest absolute Gasteiger partial charge is 0.394 e. The number of ether oxygens (including phenoxy) is 1.